The normalized spacial score (nSPS) is 22.6. The lowest BCUT2D eigenvalue weighted by atomic mass is 9.92. The summed E-state index contributed by atoms with van der Waals surface area (Å²) >= 11 is 5.82. The zero-order valence-corrected chi connectivity index (χ0v) is 13.9. The molecule has 0 aromatic heterocycles. The number of nitroso groups, excluding NO2 is 1. The van der Waals surface area contributed by atoms with E-state index in [4.69, 9.17) is 16.3 Å². The number of nitrogens with zero attached hydrogens (tertiary/aromatic N) is 4. The van der Waals surface area contributed by atoms with Gasteiger partial charge >= 0.3 is 5.97 Å². The minimum Gasteiger partial charge on any atom is -0.461 e. The molecule has 1 spiro atoms. The number of ether oxygens (including phenoxy) is 1. The number of carbonyl (C=O) groups is 3. The summed E-state index contributed by atoms with van der Waals surface area (Å²) < 4.78 is 4.84. The van der Waals surface area contributed by atoms with Crippen molar-refractivity contribution in [2.45, 2.75) is 25.3 Å². The fraction of sp³-hybridized carbons (Fsp3) is 0.333. The minimum absolute atomic E-state index is 0.114. The SMILES string of the molecule is CCOC(=O)C1=NN(N=O)[C@@]2(CC(=O)N(c3ccc(Cl)cc3)C2=O)C1. The smallest absolute Gasteiger partial charge is 0.354 e. The number of amides is 2. The van der Waals surface area contributed by atoms with Gasteiger partial charge < -0.3 is 4.74 Å². The molecule has 1 aromatic carbocycles. The molecule has 0 radical (unpaired) electrons. The number of imide groups is 1. The molecule has 1 fully saturated rings. The molecule has 1 atom stereocenters. The van der Waals surface area contributed by atoms with E-state index in [1.165, 1.54) is 24.3 Å². The van der Waals surface area contributed by atoms with Gasteiger partial charge in [-0.1, -0.05) is 11.6 Å². The maximum Gasteiger partial charge on any atom is 0.354 e. The first-order valence-corrected chi connectivity index (χ1v) is 7.82. The first-order valence-electron chi connectivity index (χ1n) is 7.44. The largest absolute Gasteiger partial charge is 0.461 e. The van der Waals surface area contributed by atoms with Crippen LogP contribution in [0.3, 0.4) is 0 Å². The molecule has 1 aromatic rings. The summed E-state index contributed by atoms with van der Waals surface area (Å²) in [5, 5.41) is 7.51. The molecular weight excluding hydrogens is 352 g/mol. The second-order valence-corrected chi connectivity index (χ2v) is 5.97. The number of benzene rings is 1. The monoisotopic (exact) mass is 364 g/mol. The molecule has 3 rings (SSSR count). The number of hydrogen-bond acceptors (Lipinski definition) is 7. The van der Waals surface area contributed by atoms with Crippen LogP contribution in [0.4, 0.5) is 5.69 Å². The molecule has 10 heteroatoms. The van der Waals surface area contributed by atoms with Crippen molar-refractivity contribution in [1.82, 2.24) is 5.12 Å². The van der Waals surface area contributed by atoms with E-state index < -0.39 is 23.3 Å². The predicted octanol–water partition coefficient (Wildman–Crippen LogP) is 1.65. The van der Waals surface area contributed by atoms with Crippen LogP contribution in [-0.2, 0) is 19.1 Å². The van der Waals surface area contributed by atoms with Crippen molar-refractivity contribution in [3.8, 4) is 0 Å². The fourth-order valence-corrected chi connectivity index (χ4v) is 3.01. The number of hydrogen-bond donors (Lipinski definition) is 0. The molecule has 0 N–H and O–H groups in total. The first kappa shape index (κ1) is 17.0. The van der Waals surface area contributed by atoms with Crippen LogP contribution in [0.15, 0.2) is 34.7 Å². The summed E-state index contributed by atoms with van der Waals surface area (Å²) in [5.74, 6) is -1.96. The molecule has 0 saturated carbocycles. The van der Waals surface area contributed by atoms with Gasteiger partial charge in [0.2, 0.25) is 5.91 Å². The van der Waals surface area contributed by atoms with Crippen molar-refractivity contribution in [3.05, 3.63) is 34.2 Å². The molecule has 0 aliphatic carbocycles. The van der Waals surface area contributed by atoms with E-state index in [2.05, 4.69) is 10.4 Å². The number of anilines is 1. The Morgan fingerprint density at radius 3 is 2.60 bits per heavy atom. The lowest BCUT2D eigenvalue weighted by Crippen LogP contribution is -2.48. The van der Waals surface area contributed by atoms with Crippen molar-refractivity contribution in [3.63, 3.8) is 0 Å². The van der Waals surface area contributed by atoms with Crippen molar-refractivity contribution >= 4 is 40.8 Å². The van der Waals surface area contributed by atoms with Gasteiger partial charge in [-0.2, -0.15) is 0 Å². The third kappa shape index (κ3) is 2.66. The highest BCUT2D eigenvalue weighted by Gasteiger charge is 2.61. The number of hydrazone groups is 1. The summed E-state index contributed by atoms with van der Waals surface area (Å²) in [6.45, 7) is 1.73. The summed E-state index contributed by atoms with van der Waals surface area (Å²) in [5.41, 5.74) is -1.45. The van der Waals surface area contributed by atoms with Gasteiger partial charge in [-0.3, -0.25) is 9.59 Å². The average Bonchev–Trinajstić information content (AvgIpc) is 3.07. The van der Waals surface area contributed by atoms with Gasteiger partial charge in [-0.15, -0.1) is 15.1 Å². The van der Waals surface area contributed by atoms with E-state index in [1.54, 1.807) is 6.92 Å². The van der Waals surface area contributed by atoms with Crippen molar-refractivity contribution < 1.29 is 19.1 Å². The van der Waals surface area contributed by atoms with Gasteiger partial charge in [0.25, 0.3) is 5.91 Å². The highest BCUT2D eigenvalue weighted by Crippen LogP contribution is 2.40. The third-order valence-corrected chi connectivity index (χ3v) is 4.28. The van der Waals surface area contributed by atoms with Crippen molar-refractivity contribution in [1.29, 1.82) is 0 Å². The fourth-order valence-electron chi connectivity index (χ4n) is 2.89. The number of carbonyl (C=O) groups excluding carboxylic acids is 3. The molecule has 0 unspecified atom stereocenters. The molecule has 1 saturated heterocycles. The molecule has 2 amide bonds. The van der Waals surface area contributed by atoms with Crippen LogP contribution in [0.2, 0.25) is 5.02 Å². The first-order chi connectivity index (χ1) is 11.9. The quantitative estimate of drug-likeness (QED) is 0.456. The van der Waals surface area contributed by atoms with Crippen LogP contribution in [0, 0.1) is 4.91 Å². The lowest BCUT2D eigenvalue weighted by molar-refractivity contribution is -0.135. The predicted molar refractivity (Wildman–Crippen MR) is 87.6 cm³/mol. The average molecular weight is 365 g/mol. The number of rotatable bonds is 4. The van der Waals surface area contributed by atoms with Gasteiger partial charge in [0.1, 0.15) is 0 Å². The van der Waals surface area contributed by atoms with Crippen LogP contribution >= 0.6 is 11.6 Å². The molecular formula is C15H13ClN4O5. The molecule has 2 heterocycles. The Balaban J connectivity index is 1.94. The third-order valence-electron chi connectivity index (χ3n) is 4.03. The Kier molecular flexibility index (Phi) is 4.25. The Bertz CT molecular complexity index is 794. The van der Waals surface area contributed by atoms with E-state index in [0.717, 1.165) is 4.90 Å². The number of halogens is 1. The molecule has 2 aliphatic rings. The topological polar surface area (TPSA) is 109 Å². The van der Waals surface area contributed by atoms with Crippen LogP contribution in [-0.4, -0.2) is 40.8 Å². The Morgan fingerprint density at radius 1 is 1.32 bits per heavy atom. The van der Waals surface area contributed by atoms with E-state index in [0.29, 0.717) is 15.8 Å². The van der Waals surface area contributed by atoms with Gasteiger partial charge in [0, 0.05) is 11.4 Å². The van der Waals surface area contributed by atoms with Gasteiger partial charge in [0.05, 0.1) is 24.0 Å². The molecule has 130 valence electrons. The maximum absolute atomic E-state index is 12.9. The number of esters is 1. The van der Waals surface area contributed by atoms with Crippen LogP contribution < -0.4 is 4.90 Å². The van der Waals surface area contributed by atoms with Gasteiger partial charge in [-0.25, -0.2) is 9.69 Å². The van der Waals surface area contributed by atoms with E-state index in [1.807, 2.05) is 0 Å². The Hall–Kier alpha value is -2.81. The molecule has 2 aliphatic heterocycles. The van der Waals surface area contributed by atoms with Crippen molar-refractivity contribution in [2.24, 2.45) is 10.4 Å². The summed E-state index contributed by atoms with van der Waals surface area (Å²) in [6.07, 6.45) is -0.557. The second-order valence-electron chi connectivity index (χ2n) is 5.53. The minimum atomic E-state index is -1.64. The molecule has 0 bridgehead atoms. The second kappa shape index (κ2) is 6.25. The lowest BCUT2D eigenvalue weighted by Gasteiger charge is -2.24. The standard InChI is InChI=1S/C15H13ClN4O5/c1-2-25-13(22)11-7-15(20(17-11)18-24)8-12(21)19(14(15)23)10-5-3-9(16)4-6-10/h3-6H,2,7-8H2,1H3/t15-/m1/s1. The van der Waals surface area contributed by atoms with E-state index >= 15 is 0 Å². The Labute approximate surface area is 147 Å². The summed E-state index contributed by atoms with van der Waals surface area (Å²) in [6, 6.07) is 6.09. The van der Waals surface area contributed by atoms with Gasteiger partial charge in [0.15, 0.2) is 11.3 Å². The highest BCUT2D eigenvalue weighted by molar-refractivity contribution is 6.39. The summed E-state index contributed by atoms with van der Waals surface area (Å²) in [4.78, 5) is 49.3. The van der Waals surface area contributed by atoms with Crippen LogP contribution in [0.1, 0.15) is 19.8 Å². The molecule has 9 nitrogen and oxygen atoms in total. The summed E-state index contributed by atoms with van der Waals surface area (Å²) in [7, 11) is 0. The zero-order chi connectivity index (χ0) is 18.2. The maximum atomic E-state index is 12.9. The van der Waals surface area contributed by atoms with Gasteiger partial charge in [-0.05, 0) is 31.2 Å². The van der Waals surface area contributed by atoms with E-state index in [9.17, 15) is 19.3 Å². The van der Waals surface area contributed by atoms with Crippen molar-refractivity contribution in [2.75, 3.05) is 11.5 Å². The van der Waals surface area contributed by atoms with Crippen LogP contribution in [0.5, 0.6) is 0 Å². The highest BCUT2D eigenvalue weighted by atomic mass is 35.5. The van der Waals surface area contributed by atoms with E-state index in [-0.39, 0.29) is 25.2 Å². The molecule has 25 heavy (non-hydrogen) atoms. The zero-order valence-electron chi connectivity index (χ0n) is 13.1. The Morgan fingerprint density at radius 2 is 2.00 bits per heavy atom. The van der Waals surface area contributed by atoms with Crippen LogP contribution in [0.25, 0.3) is 0 Å².